The summed E-state index contributed by atoms with van der Waals surface area (Å²) in [4.78, 5) is 17.1. The second kappa shape index (κ2) is 10.6. The van der Waals surface area contributed by atoms with Crippen molar-refractivity contribution in [3.05, 3.63) is 64.4 Å². The molecule has 0 radical (unpaired) electrons. The molecule has 3 rings (SSSR count). The van der Waals surface area contributed by atoms with Crippen LogP contribution in [0.1, 0.15) is 55.7 Å². The molecule has 0 aliphatic heterocycles. The van der Waals surface area contributed by atoms with E-state index in [1.165, 1.54) is 11.3 Å². The number of para-hydroxylation sites is 2. The summed E-state index contributed by atoms with van der Waals surface area (Å²) >= 11 is 3.40. The van der Waals surface area contributed by atoms with Gasteiger partial charge in [-0.25, -0.2) is 4.98 Å². The number of amides is 1. The molecule has 154 valence electrons. The average Bonchev–Trinajstić information content (AvgIpc) is 3.06. The lowest BCUT2D eigenvalue weighted by Crippen LogP contribution is -2.24. The number of hydrogen-bond acceptors (Lipinski definition) is 2. The van der Waals surface area contributed by atoms with Crippen molar-refractivity contribution in [1.82, 2.24) is 14.9 Å². The fourth-order valence-corrected chi connectivity index (χ4v) is 3.87. The molecule has 29 heavy (non-hydrogen) atoms. The van der Waals surface area contributed by atoms with Crippen molar-refractivity contribution in [2.45, 2.75) is 52.5 Å². The van der Waals surface area contributed by atoms with Gasteiger partial charge < -0.3 is 9.88 Å². The van der Waals surface area contributed by atoms with Crippen LogP contribution in [0.5, 0.6) is 0 Å². The highest BCUT2D eigenvalue weighted by Crippen LogP contribution is 2.19. The molecule has 0 aliphatic rings. The zero-order valence-electron chi connectivity index (χ0n) is 17.3. The largest absolute Gasteiger partial charge is 0.352 e. The molecule has 0 atom stereocenters. The van der Waals surface area contributed by atoms with E-state index in [1.54, 1.807) is 0 Å². The molecule has 0 saturated carbocycles. The summed E-state index contributed by atoms with van der Waals surface area (Å²) in [5.74, 6) is 1.85. The zero-order chi connectivity index (χ0) is 20.6. The number of imidazole rings is 1. The van der Waals surface area contributed by atoms with Gasteiger partial charge in [0, 0.05) is 29.5 Å². The van der Waals surface area contributed by atoms with E-state index >= 15 is 0 Å². The highest BCUT2D eigenvalue weighted by Gasteiger charge is 2.11. The molecule has 5 heteroatoms. The van der Waals surface area contributed by atoms with Crippen LogP contribution >= 0.6 is 15.9 Å². The smallest absolute Gasteiger partial charge is 0.251 e. The summed E-state index contributed by atoms with van der Waals surface area (Å²) in [6, 6.07) is 15.9. The third-order valence-electron chi connectivity index (χ3n) is 5.11. The number of carbonyl (C=O) groups excluding carboxylic acids is 1. The summed E-state index contributed by atoms with van der Waals surface area (Å²) in [5, 5.41) is 3.01. The minimum atomic E-state index is -0.0122. The van der Waals surface area contributed by atoms with E-state index in [9.17, 15) is 4.79 Å². The first-order valence-electron chi connectivity index (χ1n) is 10.5. The Morgan fingerprint density at radius 3 is 2.72 bits per heavy atom. The Labute approximate surface area is 181 Å². The fraction of sp³-hybridized carbons (Fsp3) is 0.417. The van der Waals surface area contributed by atoms with E-state index in [0.29, 0.717) is 18.0 Å². The van der Waals surface area contributed by atoms with E-state index in [-0.39, 0.29) is 5.91 Å². The van der Waals surface area contributed by atoms with Crippen LogP contribution in [0.15, 0.2) is 53.0 Å². The third-order valence-corrected chi connectivity index (χ3v) is 5.61. The van der Waals surface area contributed by atoms with Crippen molar-refractivity contribution >= 4 is 32.9 Å². The number of aromatic nitrogens is 2. The quantitative estimate of drug-likeness (QED) is 0.381. The van der Waals surface area contributed by atoms with E-state index in [0.717, 1.165) is 48.6 Å². The van der Waals surface area contributed by atoms with Gasteiger partial charge in [-0.05, 0) is 55.5 Å². The normalized spacial score (nSPS) is 11.3. The predicted molar refractivity (Wildman–Crippen MR) is 123 cm³/mol. The third kappa shape index (κ3) is 6.17. The monoisotopic (exact) mass is 455 g/mol. The maximum Gasteiger partial charge on any atom is 0.251 e. The van der Waals surface area contributed by atoms with Crippen LogP contribution in [0.2, 0.25) is 0 Å². The lowest BCUT2D eigenvalue weighted by Gasteiger charge is -2.11. The van der Waals surface area contributed by atoms with E-state index in [1.807, 2.05) is 24.3 Å². The standard InChI is InChI=1S/C24H30BrN3O/c1-18(2)14-16-28-22-12-6-5-11-21(22)27-23(28)13-4-3-7-15-26-24(29)19-9-8-10-20(25)17-19/h5-6,8-12,17-18H,3-4,7,13-16H2,1-2H3,(H,26,29). The summed E-state index contributed by atoms with van der Waals surface area (Å²) in [6.45, 7) is 6.26. The molecule has 1 N–H and O–H groups in total. The van der Waals surface area contributed by atoms with Gasteiger partial charge in [0.15, 0.2) is 0 Å². The molecule has 2 aromatic carbocycles. The first-order chi connectivity index (χ1) is 14.0. The number of aryl methyl sites for hydroxylation is 2. The molecule has 0 unspecified atom stereocenters. The minimum absolute atomic E-state index is 0.0122. The highest BCUT2D eigenvalue weighted by molar-refractivity contribution is 9.10. The predicted octanol–water partition coefficient (Wildman–Crippen LogP) is 5.99. The molecule has 1 amide bonds. The lowest BCUT2D eigenvalue weighted by atomic mass is 10.1. The molecule has 4 nitrogen and oxygen atoms in total. The van der Waals surface area contributed by atoms with Gasteiger partial charge in [-0.3, -0.25) is 4.79 Å². The van der Waals surface area contributed by atoms with Crippen LogP contribution in [0.3, 0.4) is 0 Å². The fourth-order valence-electron chi connectivity index (χ4n) is 3.47. The van der Waals surface area contributed by atoms with Crippen molar-refractivity contribution in [1.29, 1.82) is 0 Å². The van der Waals surface area contributed by atoms with Gasteiger partial charge in [0.25, 0.3) is 5.91 Å². The van der Waals surface area contributed by atoms with Gasteiger partial charge >= 0.3 is 0 Å². The number of unbranched alkanes of at least 4 members (excludes halogenated alkanes) is 2. The Hall–Kier alpha value is -2.14. The van der Waals surface area contributed by atoms with Gasteiger partial charge in [-0.1, -0.05) is 54.4 Å². The molecule has 0 bridgehead atoms. The first-order valence-corrected chi connectivity index (χ1v) is 11.3. The number of fused-ring (bicyclic) bond motifs is 1. The summed E-state index contributed by atoms with van der Waals surface area (Å²) in [6.07, 6.45) is 5.28. The van der Waals surface area contributed by atoms with Gasteiger partial charge in [-0.2, -0.15) is 0 Å². The van der Waals surface area contributed by atoms with Crippen LogP contribution in [0.25, 0.3) is 11.0 Å². The number of rotatable bonds is 10. The molecular weight excluding hydrogens is 426 g/mol. The molecular formula is C24H30BrN3O. The molecule has 1 heterocycles. The Kier molecular flexibility index (Phi) is 7.87. The number of benzene rings is 2. The molecule has 0 spiro atoms. The van der Waals surface area contributed by atoms with Gasteiger partial charge in [0.05, 0.1) is 11.0 Å². The Morgan fingerprint density at radius 2 is 1.93 bits per heavy atom. The van der Waals surface area contributed by atoms with Crippen molar-refractivity contribution < 1.29 is 4.79 Å². The van der Waals surface area contributed by atoms with Gasteiger partial charge in [0.2, 0.25) is 0 Å². The maximum absolute atomic E-state index is 12.2. The number of halogens is 1. The minimum Gasteiger partial charge on any atom is -0.352 e. The molecule has 3 aromatic rings. The van der Waals surface area contributed by atoms with Crippen molar-refractivity contribution in [2.24, 2.45) is 5.92 Å². The topological polar surface area (TPSA) is 46.9 Å². The highest BCUT2D eigenvalue weighted by atomic mass is 79.9. The number of hydrogen-bond donors (Lipinski definition) is 1. The Morgan fingerprint density at radius 1 is 1.10 bits per heavy atom. The second-order valence-corrected chi connectivity index (χ2v) is 8.84. The van der Waals surface area contributed by atoms with Crippen molar-refractivity contribution in [3.63, 3.8) is 0 Å². The van der Waals surface area contributed by atoms with E-state index in [2.05, 4.69) is 63.9 Å². The number of nitrogens with one attached hydrogen (secondary N) is 1. The van der Waals surface area contributed by atoms with Crippen molar-refractivity contribution in [2.75, 3.05) is 6.54 Å². The molecule has 1 aromatic heterocycles. The molecule has 0 fully saturated rings. The number of nitrogens with zero attached hydrogens (tertiary/aromatic N) is 2. The van der Waals surface area contributed by atoms with Crippen LogP contribution < -0.4 is 5.32 Å². The van der Waals surface area contributed by atoms with Gasteiger partial charge in [-0.15, -0.1) is 0 Å². The van der Waals surface area contributed by atoms with Crippen LogP contribution in [-0.4, -0.2) is 22.0 Å². The summed E-state index contributed by atoms with van der Waals surface area (Å²) in [7, 11) is 0. The van der Waals surface area contributed by atoms with Gasteiger partial charge in [0.1, 0.15) is 5.82 Å². The lowest BCUT2D eigenvalue weighted by molar-refractivity contribution is 0.0953. The summed E-state index contributed by atoms with van der Waals surface area (Å²) in [5.41, 5.74) is 3.02. The summed E-state index contributed by atoms with van der Waals surface area (Å²) < 4.78 is 3.31. The molecule has 0 saturated heterocycles. The zero-order valence-corrected chi connectivity index (χ0v) is 18.9. The van der Waals surface area contributed by atoms with Crippen molar-refractivity contribution in [3.8, 4) is 0 Å². The van der Waals surface area contributed by atoms with E-state index < -0.39 is 0 Å². The first kappa shape index (κ1) is 21.6. The Bertz CT molecular complexity index is 948. The molecule has 0 aliphatic carbocycles. The van der Waals surface area contributed by atoms with Crippen LogP contribution in [-0.2, 0) is 13.0 Å². The van der Waals surface area contributed by atoms with Crippen LogP contribution in [0.4, 0.5) is 0 Å². The number of carbonyl (C=O) groups is 1. The van der Waals surface area contributed by atoms with Crippen LogP contribution in [0, 0.1) is 5.92 Å². The average molecular weight is 456 g/mol. The maximum atomic E-state index is 12.2. The van der Waals surface area contributed by atoms with E-state index in [4.69, 9.17) is 4.98 Å². The SMILES string of the molecule is CC(C)CCn1c(CCCCCNC(=O)c2cccc(Br)c2)nc2ccccc21. The Balaban J connectivity index is 1.47. The second-order valence-electron chi connectivity index (χ2n) is 7.93.